The molecule has 0 bridgehead atoms. The van der Waals surface area contributed by atoms with Crippen molar-refractivity contribution in [2.75, 3.05) is 68.3 Å². The fourth-order valence-corrected chi connectivity index (χ4v) is 4.94. The third-order valence-electron chi connectivity index (χ3n) is 7.00. The SMILES string of the molecule is Nc1cc(N2CCNCC2)nc(NCC2CCC(CNCCCNCc3ccccc3)CC2)n1. The minimum atomic E-state index is 0.538. The number of nitrogen functional groups attached to an aromatic ring is 1. The molecule has 1 aliphatic heterocycles. The van der Waals surface area contributed by atoms with E-state index in [0.29, 0.717) is 17.7 Å². The Hall–Kier alpha value is -2.42. The lowest BCUT2D eigenvalue weighted by Gasteiger charge is -2.30. The van der Waals surface area contributed by atoms with Crippen LogP contribution in [0.1, 0.15) is 37.7 Å². The molecule has 0 unspecified atom stereocenters. The van der Waals surface area contributed by atoms with Crippen molar-refractivity contribution in [2.24, 2.45) is 11.8 Å². The predicted molar refractivity (Wildman–Crippen MR) is 141 cm³/mol. The highest BCUT2D eigenvalue weighted by atomic mass is 15.3. The number of hydrogen-bond donors (Lipinski definition) is 5. The molecule has 1 saturated heterocycles. The van der Waals surface area contributed by atoms with E-state index in [0.717, 1.165) is 70.6 Å². The molecule has 0 amide bonds. The van der Waals surface area contributed by atoms with Crippen LogP contribution in [0.4, 0.5) is 17.6 Å². The van der Waals surface area contributed by atoms with Gasteiger partial charge < -0.3 is 31.9 Å². The van der Waals surface area contributed by atoms with E-state index in [4.69, 9.17) is 10.7 Å². The lowest BCUT2D eigenvalue weighted by atomic mass is 9.82. The summed E-state index contributed by atoms with van der Waals surface area (Å²) in [5.74, 6) is 3.62. The minimum Gasteiger partial charge on any atom is -0.383 e. The first-order chi connectivity index (χ1) is 16.8. The van der Waals surface area contributed by atoms with E-state index in [1.807, 2.05) is 6.07 Å². The van der Waals surface area contributed by atoms with Crippen molar-refractivity contribution in [2.45, 2.75) is 38.6 Å². The molecule has 2 fully saturated rings. The van der Waals surface area contributed by atoms with Crippen LogP contribution in [0.25, 0.3) is 0 Å². The molecule has 8 nitrogen and oxygen atoms in total. The summed E-state index contributed by atoms with van der Waals surface area (Å²) < 4.78 is 0. The summed E-state index contributed by atoms with van der Waals surface area (Å²) in [6, 6.07) is 12.5. The monoisotopic (exact) mass is 466 g/mol. The number of benzene rings is 1. The Kier molecular flexibility index (Phi) is 9.78. The molecule has 0 atom stereocenters. The zero-order valence-corrected chi connectivity index (χ0v) is 20.4. The van der Waals surface area contributed by atoms with Gasteiger partial charge in [0.05, 0.1) is 0 Å². The van der Waals surface area contributed by atoms with Crippen molar-refractivity contribution in [3.05, 3.63) is 42.0 Å². The first kappa shape index (κ1) is 24.7. The van der Waals surface area contributed by atoms with E-state index in [2.05, 4.69) is 61.5 Å². The minimum absolute atomic E-state index is 0.538. The number of nitrogens with one attached hydrogen (secondary N) is 4. The maximum atomic E-state index is 6.06. The van der Waals surface area contributed by atoms with Crippen LogP contribution in [0.2, 0.25) is 0 Å². The highest BCUT2D eigenvalue weighted by molar-refractivity contribution is 5.51. The Morgan fingerprint density at radius 2 is 1.62 bits per heavy atom. The van der Waals surface area contributed by atoms with Crippen LogP contribution in [0.15, 0.2) is 36.4 Å². The molecule has 1 aliphatic carbocycles. The molecule has 1 aromatic heterocycles. The standard InChI is InChI=1S/C26H42N8/c27-24-17-25(34-15-13-28-14-16-34)33-26(32-24)31-20-23-9-7-22(8-10-23)19-30-12-4-11-29-18-21-5-2-1-3-6-21/h1-3,5-6,17,22-23,28-30H,4,7-16,18-20H2,(H3,27,31,32,33). The van der Waals surface area contributed by atoms with Crippen molar-refractivity contribution in [3.8, 4) is 0 Å². The molecule has 34 heavy (non-hydrogen) atoms. The Morgan fingerprint density at radius 1 is 0.912 bits per heavy atom. The van der Waals surface area contributed by atoms with Crippen LogP contribution in [0.3, 0.4) is 0 Å². The number of nitrogens with zero attached hydrogens (tertiary/aromatic N) is 3. The van der Waals surface area contributed by atoms with Crippen LogP contribution in [-0.2, 0) is 6.54 Å². The largest absolute Gasteiger partial charge is 0.383 e. The van der Waals surface area contributed by atoms with Crippen molar-refractivity contribution in [1.29, 1.82) is 0 Å². The van der Waals surface area contributed by atoms with E-state index in [9.17, 15) is 0 Å². The van der Waals surface area contributed by atoms with Gasteiger partial charge in [-0.2, -0.15) is 9.97 Å². The van der Waals surface area contributed by atoms with Crippen LogP contribution >= 0.6 is 0 Å². The normalized spacial score (nSPS) is 20.9. The fraction of sp³-hybridized carbons (Fsp3) is 0.615. The summed E-state index contributed by atoms with van der Waals surface area (Å²) in [4.78, 5) is 11.4. The van der Waals surface area contributed by atoms with Gasteiger partial charge in [-0.05, 0) is 69.1 Å². The van der Waals surface area contributed by atoms with Gasteiger partial charge in [-0.1, -0.05) is 30.3 Å². The van der Waals surface area contributed by atoms with Crippen molar-refractivity contribution in [3.63, 3.8) is 0 Å². The Bertz CT molecular complexity index is 832. The molecule has 4 rings (SSSR count). The number of hydrogen-bond acceptors (Lipinski definition) is 8. The number of nitrogens with two attached hydrogens (primary N) is 1. The highest BCUT2D eigenvalue weighted by Crippen LogP contribution is 2.28. The van der Waals surface area contributed by atoms with Gasteiger partial charge in [0.15, 0.2) is 0 Å². The zero-order valence-electron chi connectivity index (χ0n) is 20.4. The van der Waals surface area contributed by atoms with Crippen molar-refractivity contribution >= 4 is 17.6 Å². The Balaban J connectivity index is 1.07. The summed E-state index contributed by atoms with van der Waals surface area (Å²) in [5.41, 5.74) is 7.41. The smallest absolute Gasteiger partial charge is 0.226 e. The molecule has 2 aliphatic rings. The van der Waals surface area contributed by atoms with Crippen LogP contribution < -0.4 is 31.9 Å². The van der Waals surface area contributed by atoms with Crippen LogP contribution in [0.5, 0.6) is 0 Å². The predicted octanol–water partition coefficient (Wildman–Crippen LogP) is 2.46. The van der Waals surface area contributed by atoms with E-state index in [-0.39, 0.29) is 0 Å². The van der Waals surface area contributed by atoms with E-state index in [1.54, 1.807) is 0 Å². The van der Waals surface area contributed by atoms with Gasteiger partial charge in [-0.25, -0.2) is 0 Å². The Labute approximate surface area is 204 Å². The maximum Gasteiger partial charge on any atom is 0.226 e. The Morgan fingerprint density at radius 3 is 2.38 bits per heavy atom. The average molecular weight is 467 g/mol. The molecule has 0 spiro atoms. The highest BCUT2D eigenvalue weighted by Gasteiger charge is 2.21. The van der Waals surface area contributed by atoms with Gasteiger partial charge >= 0.3 is 0 Å². The van der Waals surface area contributed by atoms with Gasteiger partial charge in [0, 0.05) is 45.3 Å². The van der Waals surface area contributed by atoms with E-state index >= 15 is 0 Å². The molecular formula is C26H42N8. The molecule has 2 heterocycles. The summed E-state index contributed by atoms with van der Waals surface area (Å²) in [6.07, 6.45) is 6.31. The molecule has 186 valence electrons. The second kappa shape index (κ2) is 13.5. The first-order valence-corrected chi connectivity index (χ1v) is 13.1. The number of piperazine rings is 1. The average Bonchev–Trinajstić information content (AvgIpc) is 2.88. The quantitative estimate of drug-likeness (QED) is 0.304. The lowest BCUT2D eigenvalue weighted by molar-refractivity contribution is 0.276. The maximum absolute atomic E-state index is 6.06. The topological polar surface area (TPSA) is 103 Å². The van der Waals surface area contributed by atoms with Gasteiger partial charge in [0.1, 0.15) is 11.6 Å². The van der Waals surface area contributed by atoms with Crippen molar-refractivity contribution < 1.29 is 0 Å². The van der Waals surface area contributed by atoms with E-state index in [1.165, 1.54) is 37.7 Å². The van der Waals surface area contributed by atoms with E-state index < -0.39 is 0 Å². The van der Waals surface area contributed by atoms with Gasteiger partial charge in [0.2, 0.25) is 5.95 Å². The molecule has 1 saturated carbocycles. The number of rotatable bonds is 12. The first-order valence-electron chi connectivity index (χ1n) is 13.1. The molecule has 8 heteroatoms. The van der Waals surface area contributed by atoms with Crippen molar-refractivity contribution in [1.82, 2.24) is 25.9 Å². The summed E-state index contributed by atoms with van der Waals surface area (Å²) in [6.45, 7) is 9.05. The number of anilines is 3. The molecule has 0 radical (unpaired) electrons. The molecular weight excluding hydrogens is 424 g/mol. The van der Waals surface area contributed by atoms with Gasteiger partial charge in [-0.3, -0.25) is 0 Å². The summed E-state index contributed by atoms with van der Waals surface area (Å²) >= 11 is 0. The zero-order chi connectivity index (χ0) is 23.4. The van der Waals surface area contributed by atoms with Crippen LogP contribution in [0, 0.1) is 11.8 Å². The van der Waals surface area contributed by atoms with Gasteiger partial charge in [0.25, 0.3) is 0 Å². The summed E-state index contributed by atoms with van der Waals surface area (Å²) in [7, 11) is 0. The molecule has 1 aromatic carbocycles. The fourth-order valence-electron chi connectivity index (χ4n) is 4.94. The molecule has 2 aromatic rings. The summed E-state index contributed by atoms with van der Waals surface area (Å²) in [5, 5.41) is 14.0. The third kappa shape index (κ3) is 8.11. The van der Waals surface area contributed by atoms with Crippen LogP contribution in [-0.4, -0.2) is 62.3 Å². The molecule has 6 N–H and O–H groups in total. The second-order valence-corrected chi connectivity index (χ2v) is 9.70. The number of aromatic nitrogens is 2. The van der Waals surface area contributed by atoms with Gasteiger partial charge in [-0.15, -0.1) is 0 Å². The second-order valence-electron chi connectivity index (χ2n) is 9.70. The third-order valence-corrected chi connectivity index (χ3v) is 7.00. The lowest BCUT2D eigenvalue weighted by Crippen LogP contribution is -2.44.